The fourth-order valence-electron chi connectivity index (χ4n) is 2.96. The minimum Gasteiger partial charge on any atom is -0.383 e. The molecular weight excluding hydrogens is 270 g/mol. The van der Waals surface area contributed by atoms with Gasteiger partial charge in [-0.25, -0.2) is 0 Å². The van der Waals surface area contributed by atoms with Crippen LogP contribution in [0, 0.1) is 10.1 Å². The number of likely N-dealkylation sites (tertiary alicyclic amines) is 1. The molecule has 1 atom stereocenters. The van der Waals surface area contributed by atoms with Gasteiger partial charge in [-0.2, -0.15) is 0 Å². The summed E-state index contributed by atoms with van der Waals surface area (Å²) in [7, 11) is 1.62. The van der Waals surface area contributed by atoms with Gasteiger partial charge in [0.1, 0.15) is 11.3 Å². The van der Waals surface area contributed by atoms with Crippen LogP contribution < -0.4 is 5.32 Å². The molecule has 21 heavy (non-hydrogen) atoms. The maximum Gasteiger partial charge on any atom is 0.305 e. The van der Waals surface area contributed by atoms with Crippen LogP contribution in [-0.2, 0) is 0 Å². The normalized spacial score (nSPS) is 18.4. The van der Waals surface area contributed by atoms with Crippen LogP contribution in [0.25, 0.3) is 0 Å². The number of amides is 1. The highest BCUT2D eigenvalue weighted by Gasteiger charge is 2.31. The summed E-state index contributed by atoms with van der Waals surface area (Å²) in [6.45, 7) is 2.73. The number of nitro benzene ring substituents is 1. The van der Waals surface area contributed by atoms with Crippen LogP contribution in [0.3, 0.4) is 0 Å². The van der Waals surface area contributed by atoms with E-state index in [1.807, 2.05) is 0 Å². The Morgan fingerprint density at radius 1 is 1.48 bits per heavy atom. The maximum atomic E-state index is 12.8. The standard InChI is InChI=1S/C15H21N3O3/c1-3-11-7-4-5-10-17(11)15(19)12-8-6-9-13(16-2)14(12)18(20)21/h6,8-9,11,16H,3-5,7,10H2,1-2H3. The summed E-state index contributed by atoms with van der Waals surface area (Å²) in [5, 5.41) is 14.1. The molecule has 1 aliphatic heterocycles. The Bertz CT molecular complexity index is 545. The number of piperidine rings is 1. The van der Waals surface area contributed by atoms with Gasteiger partial charge in [0.2, 0.25) is 0 Å². The van der Waals surface area contributed by atoms with E-state index in [-0.39, 0.29) is 23.2 Å². The molecule has 6 nitrogen and oxygen atoms in total. The van der Waals surface area contributed by atoms with Gasteiger partial charge < -0.3 is 10.2 Å². The average molecular weight is 291 g/mol. The van der Waals surface area contributed by atoms with E-state index in [0.717, 1.165) is 25.7 Å². The third-order valence-electron chi connectivity index (χ3n) is 4.08. The predicted molar refractivity (Wildman–Crippen MR) is 81.6 cm³/mol. The summed E-state index contributed by atoms with van der Waals surface area (Å²) in [5.74, 6) is -0.231. The summed E-state index contributed by atoms with van der Waals surface area (Å²) < 4.78 is 0. The van der Waals surface area contributed by atoms with Crippen molar-refractivity contribution in [2.45, 2.75) is 38.6 Å². The van der Waals surface area contributed by atoms with Crippen LogP contribution in [0.15, 0.2) is 18.2 Å². The number of carbonyl (C=O) groups is 1. The van der Waals surface area contributed by atoms with Gasteiger partial charge in [0.05, 0.1) is 4.92 Å². The number of rotatable bonds is 4. The van der Waals surface area contributed by atoms with Crippen LogP contribution in [0.5, 0.6) is 0 Å². The number of hydrogen-bond acceptors (Lipinski definition) is 4. The van der Waals surface area contributed by atoms with Gasteiger partial charge in [0.15, 0.2) is 0 Å². The summed E-state index contributed by atoms with van der Waals surface area (Å²) in [6.07, 6.45) is 3.93. The molecule has 0 aromatic heterocycles. The Hall–Kier alpha value is -2.11. The number of carbonyl (C=O) groups excluding carboxylic acids is 1. The maximum absolute atomic E-state index is 12.8. The number of benzene rings is 1. The Kier molecular flexibility index (Phi) is 4.77. The van der Waals surface area contributed by atoms with Gasteiger partial charge in [-0.1, -0.05) is 13.0 Å². The van der Waals surface area contributed by atoms with Crippen LogP contribution in [-0.4, -0.2) is 35.4 Å². The molecule has 1 amide bonds. The first-order chi connectivity index (χ1) is 10.1. The lowest BCUT2D eigenvalue weighted by Gasteiger charge is -2.35. The zero-order valence-corrected chi connectivity index (χ0v) is 12.5. The van der Waals surface area contributed by atoms with Crippen molar-refractivity contribution in [3.8, 4) is 0 Å². The Morgan fingerprint density at radius 3 is 2.86 bits per heavy atom. The van der Waals surface area contributed by atoms with Gasteiger partial charge in [0.25, 0.3) is 5.91 Å². The zero-order valence-electron chi connectivity index (χ0n) is 12.5. The average Bonchev–Trinajstić information content (AvgIpc) is 2.53. The molecule has 1 aliphatic rings. The topological polar surface area (TPSA) is 75.5 Å². The lowest BCUT2D eigenvalue weighted by Crippen LogP contribution is -2.43. The lowest BCUT2D eigenvalue weighted by atomic mass is 9.98. The van der Waals surface area contributed by atoms with E-state index in [0.29, 0.717) is 12.2 Å². The molecule has 1 saturated heterocycles. The molecule has 0 saturated carbocycles. The van der Waals surface area contributed by atoms with Crippen LogP contribution in [0.1, 0.15) is 43.0 Å². The highest BCUT2D eigenvalue weighted by Crippen LogP contribution is 2.31. The number of nitrogens with one attached hydrogen (secondary N) is 1. The van der Waals surface area contributed by atoms with E-state index in [1.165, 1.54) is 0 Å². The lowest BCUT2D eigenvalue weighted by molar-refractivity contribution is -0.384. The van der Waals surface area contributed by atoms with Crippen LogP contribution in [0.4, 0.5) is 11.4 Å². The predicted octanol–water partition coefficient (Wildman–Crippen LogP) is 3.04. The van der Waals surface area contributed by atoms with Crippen LogP contribution >= 0.6 is 0 Å². The Balaban J connectivity index is 2.40. The SMILES string of the molecule is CCC1CCCCN1C(=O)c1cccc(NC)c1[N+](=O)[O-]. The van der Waals surface area contributed by atoms with Gasteiger partial charge >= 0.3 is 5.69 Å². The largest absolute Gasteiger partial charge is 0.383 e. The van der Waals surface area contributed by atoms with E-state index < -0.39 is 4.92 Å². The summed E-state index contributed by atoms with van der Waals surface area (Å²) in [4.78, 5) is 25.4. The fraction of sp³-hybridized carbons (Fsp3) is 0.533. The van der Waals surface area contributed by atoms with E-state index in [2.05, 4.69) is 12.2 Å². The molecule has 1 aromatic carbocycles. The monoisotopic (exact) mass is 291 g/mol. The molecule has 0 radical (unpaired) electrons. The number of hydrogen-bond donors (Lipinski definition) is 1. The zero-order chi connectivity index (χ0) is 15.4. The van der Waals surface area contributed by atoms with Crippen molar-refractivity contribution in [1.29, 1.82) is 0 Å². The summed E-state index contributed by atoms with van der Waals surface area (Å²) in [5.41, 5.74) is 0.411. The number of nitro groups is 1. The van der Waals surface area contributed by atoms with Gasteiger partial charge in [-0.05, 0) is 37.8 Å². The van der Waals surface area contributed by atoms with Crippen molar-refractivity contribution in [2.24, 2.45) is 0 Å². The van der Waals surface area contributed by atoms with E-state index in [1.54, 1.807) is 30.1 Å². The molecule has 2 rings (SSSR count). The van der Waals surface area contributed by atoms with Crippen molar-refractivity contribution in [3.63, 3.8) is 0 Å². The first-order valence-electron chi connectivity index (χ1n) is 7.36. The third kappa shape index (κ3) is 2.99. The molecule has 114 valence electrons. The molecule has 1 fully saturated rings. The molecule has 1 N–H and O–H groups in total. The smallest absolute Gasteiger partial charge is 0.305 e. The highest BCUT2D eigenvalue weighted by molar-refractivity contribution is 6.00. The van der Waals surface area contributed by atoms with Gasteiger partial charge in [-0.15, -0.1) is 0 Å². The molecule has 0 spiro atoms. The van der Waals surface area contributed by atoms with Crippen LogP contribution in [0.2, 0.25) is 0 Å². The van der Waals surface area contributed by atoms with E-state index >= 15 is 0 Å². The molecule has 0 bridgehead atoms. The second-order valence-corrected chi connectivity index (χ2v) is 5.27. The Morgan fingerprint density at radius 2 is 2.24 bits per heavy atom. The van der Waals surface area contributed by atoms with Gasteiger partial charge in [0, 0.05) is 19.6 Å². The second kappa shape index (κ2) is 6.56. The van der Waals surface area contributed by atoms with Crippen molar-refractivity contribution < 1.29 is 9.72 Å². The summed E-state index contributed by atoms with van der Waals surface area (Å²) >= 11 is 0. The number of anilines is 1. The second-order valence-electron chi connectivity index (χ2n) is 5.27. The minimum absolute atomic E-state index is 0.134. The summed E-state index contributed by atoms with van der Waals surface area (Å²) in [6, 6.07) is 5.02. The van der Waals surface area contributed by atoms with Gasteiger partial charge in [-0.3, -0.25) is 14.9 Å². The molecule has 6 heteroatoms. The molecular formula is C15H21N3O3. The van der Waals surface area contributed by atoms with Crippen molar-refractivity contribution in [1.82, 2.24) is 4.90 Å². The molecule has 0 aliphatic carbocycles. The van der Waals surface area contributed by atoms with E-state index in [9.17, 15) is 14.9 Å². The molecule has 1 unspecified atom stereocenters. The minimum atomic E-state index is -0.482. The first-order valence-corrected chi connectivity index (χ1v) is 7.36. The van der Waals surface area contributed by atoms with Crippen molar-refractivity contribution >= 4 is 17.3 Å². The quantitative estimate of drug-likeness (QED) is 0.683. The fourth-order valence-corrected chi connectivity index (χ4v) is 2.96. The van der Waals surface area contributed by atoms with Crippen molar-refractivity contribution in [3.05, 3.63) is 33.9 Å². The molecule has 1 heterocycles. The number of nitrogens with zero attached hydrogens (tertiary/aromatic N) is 2. The molecule has 1 aromatic rings. The van der Waals surface area contributed by atoms with Crippen molar-refractivity contribution in [2.75, 3.05) is 18.9 Å². The highest BCUT2D eigenvalue weighted by atomic mass is 16.6. The Labute approximate surface area is 124 Å². The third-order valence-corrected chi connectivity index (χ3v) is 4.08. The number of para-hydroxylation sites is 1. The first kappa shape index (κ1) is 15.3. The van der Waals surface area contributed by atoms with E-state index in [4.69, 9.17) is 0 Å².